The molecule has 0 radical (unpaired) electrons. The summed E-state index contributed by atoms with van der Waals surface area (Å²) in [5.41, 5.74) is 1.04. The van der Waals surface area contributed by atoms with Gasteiger partial charge in [-0.1, -0.05) is 25.1 Å². The number of methoxy groups -OCH3 is 1. The number of amides is 1. The molecule has 1 aliphatic rings. The molecular formula is C14H20N2O2. The Morgan fingerprint density at radius 2 is 2.22 bits per heavy atom. The van der Waals surface area contributed by atoms with Gasteiger partial charge in [0.2, 0.25) is 5.91 Å². The van der Waals surface area contributed by atoms with Crippen molar-refractivity contribution in [1.82, 2.24) is 10.6 Å². The molecule has 1 heterocycles. The highest BCUT2D eigenvalue weighted by atomic mass is 16.5. The van der Waals surface area contributed by atoms with E-state index in [2.05, 4.69) is 17.6 Å². The Balaban J connectivity index is 2.09. The summed E-state index contributed by atoms with van der Waals surface area (Å²) in [6.07, 6.45) is 0.853. The van der Waals surface area contributed by atoms with Gasteiger partial charge in [0.25, 0.3) is 0 Å². The minimum atomic E-state index is 0.0225. The van der Waals surface area contributed by atoms with Crippen molar-refractivity contribution in [2.45, 2.75) is 19.4 Å². The molecule has 1 unspecified atom stereocenters. The minimum Gasteiger partial charge on any atom is -0.496 e. The SMILES string of the molecule is CCC(NC(=O)C1CNC1)c1ccccc1OC. The molecule has 0 bridgehead atoms. The third-order valence-electron chi connectivity index (χ3n) is 3.39. The lowest BCUT2D eigenvalue weighted by Gasteiger charge is -2.28. The van der Waals surface area contributed by atoms with E-state index in [0.717, 1.165) is 30.8 Å². The zero-order valence-electron chi connectivity index (χ0n) is 10.9. The largest absolute Gasteiger partial charge is 0.496 e. The first-order valence-corrected chi connectivity index (χ1v) is 6.40. The maximum Gasteiger partial charge on any atom is 0.226 e. The summed E-state index contributed by atoms with van der Waals surface area (Å²) in [5.74, 6) is 1.08. The van der Waals surface area contributed by atoms with Crippen LogP contribution in [0, 0.1) is 5.92 Å². The van der Waals surface area contributed by atoms with E-state index in [9.17, 15) is 4.79 Å². The smallest absolute Gasteiger partial charge is 0.226 e. The molecule has 0 spiro atoms. The van der Waals surface area contributed by atoms with Gasteiger partial charge in [-0.15, -0.1) is 0 Å². The number of hydrogen-bond acceptors (Lipinski definition) is 3. The fourth-order valence-electron chi connectivity index (χ4n) is 2.12. The van der Waals surface area contributed by atoms with Crippen molar-refractivity contribution in [3.8, 4) is 5.75 Å². The molecule has 2 rings (SSSR count). The molecule has 1 aromatic carbocycles. The van der Waals surface area contributed by atoms with E-state index >= 15 is 0 Å². The van der Waals surface area contributed by atoms with Crippen LogP contribution in [0.5, 0.6) is 5.75 Å². The maximum atomic E-state index is 12.0. The van der Waals surface area contributed by atoms with Crippen LogP contribution in [-0.4, -0.2) is 26.1 Å². The van der Waals surface area contributed by atoms with E-state index in [4.69, 9.17) is 4.74 Å². The van der Waals surface area contributed by atoms with Gasteiger partial charge in [0.05, 0.1) is 19.1 Å². The standard InChI is InChI=1S/C14H20N2O2/c1-3-12(16-14(17)10-8-15-9-10)11-6-4-5-7-13(11)18-2/h4-7,10,12,15H,3,8-9H2,1-2H3,(H,16,17). The van der Waals surface area contributed by atoms with E-state index in [1.54, 1.807) is 7.11 Å². The van der Waals surface area contributed by atoms with Crippen molar-refractivity contribution >= 4 is 5.91 Å². The molecular weight excluding hydrogens is 228 g/mol. The van der Waals surface area contributed by atoms with Crippen molar-refractivity contribution in [3.63, 3.8) is 0 Å². The topological polar surface area (TPSA) is 50.4 Å². The van der Waals surface area contributed by atoms with Gasteiger partial charge < -0.3 is 15.4 Å². The van der Waals surface area contributed by atoms with Gasteiger partial charge in [-0.3, -0.25) is 4.79 Å². The summed E-state index contributed by atoms with van der Waals surface area (Å²) in [6.45, 7) is 3.64. The zero-order chi connectivity index (χ0) is 13.0. The number of carbonyl (C=O) groups excluding carboxylic acids is 1. The molecule has 1 aromatic rings. The van der Waals surface area contributed by atoms with Crippen LogP contribution in [0.15, 0.2) is 24.3 Å². The van der Waals surface area contributed by atoms with E-state index in [1.807, 2.05) is 24.3 Å². The number of nitrogens with one attached hydrogen (secondary N) is 2. The fourth-order valence-corrected chi connectivity index (χ4v) is 2.12. The normalized spacial score (nSPS) is 16.8. The summed E-state index contributed by atoms with van der Waals surface area (Å²) in [6, 6.07) is 7.86. The lowest BCUT2D eigenvalue weighted by atomic mass is 9.99. The third-order valence-corrected chi connectivity index (χ3v) is 3.39. The molecule has 1 saturated heterocycles. The van der Waals surface area contributed by atoms with Crippen molar-refractivity contribution < 1.29 is 9.53 Å². The highest BCUT2D eigenvalue weighted by Gasteiger charge is 2.27. The highest BCUT2D eigenvalue weighted by molar-refractivity contribution is 5.80. The molecule has 1 fully saturated rings. The average Bonchev–Trinajstić information content (AvgIpc) is 2.34. The van der Waals surface area contributed by atoms with E-state index in [0.29, 0.717) is 0 Å². The van der Waals surface area contributed by atoms with E-state index in [1.165, 1.54) is 0 Å². The second-order valence-corrected chi connectivity index (χ2v) is 4.57. The van der Waals surface area contributed by atoms with Crippen LogP contribution in [0.3, 0.4) is 0 Å². The Kier molecular flexibility index (Phi) is 4.20. The molecule has 0 aliphatic carbocycles. The Hall–Kier alpha value is -1.55. The van der Waals surface area contributed by atoms with Gasteiger partial charge in [-0.05, 0) is 12.5 Å². The third kappa shape index (κ3) is 2.64. The number of carbonyl (C=O) groups is 1. The number of para-hydroxylation sites is 1. The Morgan fingerprint density at radius 1 is 1.50 bits per heavy atom. The minimum absolute atomic E-state index is 0.0225. The van der Waals surface area contributed by atoms with Crippen LogP contribution in [0.25, 0.3) is 0 Å². The quantitative estimate of drug-likeness (QED) is 0.830. The summed E-state index contributed by atoms with van der Waals surface area (Å²) in [7, 11) is 1.66. The van der Waals surface area contributed by atoms with Gasteiger partial charge in [0.15, 0.2) is 0 Å². The van der Waals surface area contributed by atoms with Crippen molar-refractivity contribution in [2.24, 2.45) is 5.92 Å². The first kappa shape index (κ1) is 12.9. The molecule has 1 amide bonds. The Bertz CT molecular complexity index is 416. The van der Waals surface area contributed by atoms with Crippen LogP contribution in [0.4, 0.5) is 0 Å². The van der Waals surface area contributed by atoms with Crippen LogP contribution in [-0.2, 0) is 4.79 Å². The van der Waals surface area contributed by atoms with Crippen LogP contribution in [0.2, 0.25) is 0 Å². The molecule has 1 atom stereocenters. The van der Waals surface area contributed by atoms with Crippen LogP contribution in [0.1, 0.15) is 24.9 Å². The van der Waals surface area contributed by atoms with Crippen molar-refractivity contribution in [2.75, 3.05) is 20.2 Å². The molecule has 4 nitrogen and oxygen atoms in total. The molecule has 0 aromatic heterocycles. The number of rotatable bonds is 5. The first-order chi connectivity index (χ1) is 8.76. The second kappa shape index (κ2) is 5.87. The molecule has 4 heteroatoms. The zero-order valence-corrected chi connectivity index (χ0v) is 10.9. The molecule has 98 valence electrons. The van der Waals surface area contributed by atoms with Gasteiger partial charge in [0, 0.05) is 18.7 Å². The van der Waals surface area contributed by atoms with E-state index in [-0.39, 0.29) is 17.9 Å². The predicted octanol–water partition coefficient (Wildman–Crippen LogP) is 1.48. The Morgan fingerprint density at radius 3 is 2.78 bits per heavy atom. The number of benzene rings is 1. The average molecular weight is 248 g/mol. The monoisotopic (exact) mass is 248 g/mol. The van der Waals surface area contributed by atoms with Crippen LogP contribution >= 0.6 is 0 Å². The van der Waals surface area contributed by atoms with Gasteiger partial charge in [0.1, 0.15) is 5.75 Å². The second-order valence-electron chi connectivity index (χ2n) is 4.57. The molecule has 18 heavy (non-hydrogen) atoms. The fraction of sp³-hybridized carbons (Fsp3) is 0.500. The number of ether oxygens (including phenoxy) is 1. The summed E-state index contributed by atoms with van der Waals surface area (Å²) >= 11 is 0. The van der Waals surface area contributed by atoms with Crippen molar-refractivity contribution in [3.05, 3.63) is 29.8 Å². The van der Waals surface area contributed by atoms with Gasteiger partial charge >= 0.3 is 0 Å². The van der Waals surface area contributed by atoms with Gasteiger partial charge in [-0.25, -0.2) is 0 Å². The summed E-state index contributed by atoms with van der Waals surface area (Å²) < 4.78 is 5.35. The summed E-state index contributed by atoms with van der Waals surface area (Å²) in [4.78, 5) is 12.0. The lowest BCUT2D eigenvalue weighted by Crippen LogP contribution is -2.51. The summed E-state index contributed by atoms with van der Waals surface area (Å²) in [5, 5.41) is 6.21. The number of hydrogen-bond donors (Lipinski definition) is 2. The highest BCUT2D eigenvalue weighted by Crippen LogP contribution is 2.27. The molecule has 1 aliphatic heterocycles. The maximum absolute atomic E-state index is 12.0. The van der Waals surface area contributed by atoms with Crippen molar-refractivity contribution in [1.29, 1.82) is 0 Å². The molecule has 2 N–H and O–H groups in total. The van der Waals surface area contributed by atoms with Gasteiger partial charge in [-0.2, -0.15) is 0 Å². The van der Waals surface area contributed by atoms with Crippen LogP contribution < -0.4 is 15.4 Å². The predicted molar refractivity (Wildman–Crippen MR) is 70.5 cm³/mol. The first-order valence-electron chi connectivity index (χ1n) is 6.40. The van der Waals surface area contributed by atoms with E-state index < -0.39 is 0 Å². The Labute approximate surface area is 108 Å². The molecule has 0 saturated carbocycles. The lowest BCUT2D eigenvalue weighted by molar-refractivity contribution is -0.127.